The highest BCUT2D eigenvalue weighted by atomic mass is 35.5. The first-order valence-corrected chi connectivity index (χ1v) is 8.22. The van der Waals surface area contributed by atoms with Crippen LogP contribution in [0.2, 0.25) is 10.0 Å². The smallest absolute Gasteiger partial charge is 0.264 e. The number of amides is 1. The third kappa shape index (κ3) is 4.00. The van der Waals surface area contributed by atoms with Gasteiger partial charge in [-0.1, -0.05) is 23.2 Å². The summed E-state index contributed by atoms with van der Waals surface area (Å²) in [6.45, 7) is 4.80. The Kier molecular flexibility index (Phi) is 6.08. The molecule has 0 aliphatic rings. The molecule has 1 aromatic heterocycles. The normalized spacial score (nSPS) is 11.2. The number of benzene rings is 1. The van der Waals surface area contributed by atoms with Crippen LogP contribution in [0.5, 0.6) is 0 Å². The molecule has 6 heteroatoms. The highest BCUT2D eigenvalue weighted by Gasteiger charge is 2.16. The molecule has 124 valence electrons. The molecule has 0 fully saturated rings. The van der Waals surface area contributed by atoms with Gasteiger partial charge >= 0.3 is 0 Å². The highest BCUT2D eigenvalue weighted by molar-refractivity contribution is 6.35. The maximum Gasteiger partial charge on any atom is 0.264 e. The fraction of sp³-hybridized carbons (Fsp3) is 0.222. The number of nitriles is 1. The average molecular weight is 363 g/mol. The molecule has 1 heterocycles. The largest absolute Gasteiger partial charge is 0.457 e. The summed E-state index contributed by atoms with van der Waals surface area (Å²) in [7, 11) is 0. The van der Waals surface area contributed by atoms with Crippen molar-refractivity contribution in [2.75, 3.05) is 13.1 Å². The molecule has 1 amide bonds. The molecule has 24 heavy (non-hydrogen) atoms. The molecule has 2 rings (SSSR count). The van der Waals surface area contributed by atoms with E-state index in [-0.39, 0.29) is 11.5 Å². The van der Waals surface area contributed by atoms with Crippen LogP contribution in [0.3, 0.4) is 0 Å². The number of rotatable bonds is 5. The van der Waals surface area contributed by atoms with Crippen LogP contribution in [0.15, 0.2) is 40.3 Å². The van der Waals surface area contributed by atoms with Crippen LogP contribution >= 0.6 is 23.2 Å². The molecule has 0 aliphatic carbocycles. The third-order valence-corrected chi connectivity index (χ3v) is 4.07. The molecule has 0 spiro atoms. The van der Waals surface area contributed by atoms with Crippen LogP contribution < -0.4 is 0 Å². The highest BCUT2D eigenvalue weighted by Crippen LogP contribution is 2.32. The van der Waals surface area contributed by atoms with Crippen LogP contribution in [0, 0.1) is 11.3 Å². The number of likely N-dealkylation sites (N-methyl/N-ethyl adjacent to an activating group) is 1. The predicted octanol–water partition coefficient (Wildman–Crippen LogP) is 5.03. The van der Waals surface area contributed by atoms with Crippen LogP contribution in [-0.2, 0) is 4.79 Å². The lowest BCUT2D eigenvalue weighted by molar-refractivity contribution is -0.126. The minimum atomic E-state index is -0.318. The summed E-state index contributed by atoms with van der Waals surface area (Å²) in [5.41, 5.74) is 0.675. The van der Waals surface area contributed by atoms with E-state index in [2.05, 4.69) is 0 Å². The van der Waals surface area contributed by atoms with Crippen LogP contribution in [-0.4, -0.2) is 23.9 Å². The second-order valence-corrected chi connectivity index (χ2v) is 5.82. The second kappa shape index (κ2) is 8.05. The second-order valence-electron chi connectivity index (χ2n) is 4.97. The number of hydrogen-bond acceptors (Lipinski definition) is 3. The molecule has 4 nitrogen and oxygen atoms in total. The summed E-state index contributed by atoms with van der Waals surface area (Å²) >= 11 is 12.1. The number of nitrogens with zero attached hydrogens (tertiary/aromatic N) is 2. The van der Waals surface area contributed by atoms with Gasteiger partial charge in [0, 0.05) is 29.8 Å². The van der Waals surface area contributed by atoms with Gasteiger partial charge in [0.05, 0.1) is 5.02 Å². The lowest BCUT2D eigenvalue weighted by Crippen LogP contribution is -2.31. The predicted molar refractivity (Wildman–Crippen MR) is 95.7 cm³/mol. The molecule has 0 unspecified atom stereocenters. The lowest BCUT2D eigenvalue weighted by Gasteiger charge is -2.17. The molecule has 0 atom stereocenters. The topological polar surface area (TPSA) is 57.2 Å². The molecular formula is C18H16Cl2N2O2. The minimum Gasteiger partial charge on any atom is -0.457 e. The number of halogens is 2. The molecule has 0 radical (unpaired) electrons. The fourth-order valence-electron chi connectivity index (χ4n) is 2.23. The van der Waals surface area contributed by atoms with Gasteiger partial charge in [0.2, 0.25) is 0 Å². The minimum absolute atomic E-state index is 0.0248. The Bertz CT molecular complexity index is 815. The summed E-state index contributed by atoms with van der Waals surface area (Å²) in [6, 6.07) is 10.4. The van der Waals surface area contributed by atoms with Crippen molar-refractivity contribution in [3.63, 3.8) is 0 Å². The SMILES string of the molecule is CCN(CC)C(=O)/C(C#N)=C\c1ccc(-c2cc(Cl)ccc2Cl)o1. The summed E-state index contributed by atoms with van der Waals surface area (Å²) in [5.74, 6) is 0.598. The van der Waals surface area contributed by atoms with Crippen LogP contribution in [0.25, 0.3) is 17.4 Å². The van der Waals surface area contributed by atoms with Crippen molar-refractivity contribution >= 4 is 35.2 Å². The van der Waals surface area contributed by atoms with Crippen molar-refractivity contribution in [2.24, 2.45) is 0 Å². The Balaban J connectivity index is 2.34. The van der Waals surface area contributed by atoms with Gasteiger partial charge in [0.25, 0.3) is 5.91 Å². The van der Waals surface area contributed by atoms with Gasteiger partial charge in [-0.05, 0) is 44.2 Å². The number of carbonyl (C=O) groups is 1. The molecular weight excluding hydrogens is 347 g/mol. The molecule has 0 saturated heterocycles. The Hall–Kier alpha value is -2.22. The molecule has 0 bridgehead atoms. The van der Waals surface area contributed by atoms with E-state index >= 15 is 0 Å². The standard InChI is InChI=1S/C18H16Cl2N2O2/c1-3-22(4-2)18(23)12(11-21)9-14-6-8-17(24-14)15-10-13(19)5-7-16(15)20/h5-10H,3-4H2,1-2H3/b12-9-. The summed E-state index contributed by atoms with van der Waals surface area (Å²) in [6.07, 6.45) is 1.43. The molecule has 0 N–H and O–H groups in total. The van der Waals surface area contributed by atoms with Gasteiger partial charge in [0.1, 0.15) is 23.2 Å². The molecule has 2 aromatic rings. The van der Waals surface area contributed by atoms with E-state index in [0.29, 0.717) is 40.2 Å². The van der Waals surface area contributed by atoms with E-state index in [0.717, 1.165) is 0 Å². The maximum absolute atomic E-state index is 12.3. The fourth-order valence-corrected chi connectivity index (χ4v) is 2.61. The monoisotopic (exact) mass is 362 g/mol. The van der Waals surface area contributed by atoms with E-state index in [1.807, 2.05) is 19.9 Å². The first kappa shape index (κ1) is 18.1. The van der Waals surface area contributed by atoms with Gasteiger partial charge in [-0.2, -0.15) is 5.26 Å². The number of carbonyl (C=O) groups excluding carboxylic acids is 1. The Morgan fingerprint density at radius 1 is 1.25 bits per heavy atom. The summed E-state index contributed by atoms with van der Waals surface area (Å²) < 4.78 is 5.69. The van der Waals surface area contributed by atoms with E-state index in [4.69, 9.17) is 27.6 Å². The first-order chi connectivity index (χ1) is 11.5. The van der Waals surface area contributed by atoms with E-state index < -0.39 is 0 Å². The Morgan fingerprint density at radius 3 is 2.58 bits per heavy atom. The summed E-state index contributed by atoms with van der Waals surface area (Å²) in [5, 5.41) is 10.3. The van der Waals surface area contributed by atoms with Crippen molar-refractivity contribution < 1.29 is 9.21 Å². The molecule has 0 aliphatic heterocycles. The van der Waals surface area contributed by atoms with Crippen molar-refractivity contribution in [1.82, 2.24) is 4.90 Å². The van der Waals surface area contributed by atoms with Crippen molar-refractivity contribution in [1.29, 1.82) is 5.26 Å². The Morgan fingerprint density at radius 2 is 1.96 bits per heavy atom. The van der Waals surface area contributed by atoms with Crippen molar-refractivity contribution in [3.8, 4) is 17.4 Å². The zero-order valence-corrected chi connectivity index (χ0v) is 14.9. The van der Waals surface area contributed by atoms with E-state index in [1.165, 1.54) is 6.08 Å². The average Bonchev–Trinajstić information content (AvgIpc) is 3.04. The van der Waals surface area contributed by atoms with E-state index in [1.54, 1.807) is 35.2 Å². The lowest BCUT2D eigenvalue weighted by atomic mass is 10.2. The quantitative estimate of drug-likeness (QED) is 0.553. The van der Waals surface area contributed by atoms with Crippen LogP contribution in [0.1, 0.15) is 19.6 Å². The van der Waals surface area contributed by atoms with Gasteiger partial charge in [0.15, 0.2) is 0 Å². The molecule has 0 saturated carbocycles. The zero-order valence-electron chi connectivity index (χ0n) is 13.3. The first-order valence-electron chi connectivity index (χ1n) is 7.46. The molecule has 1 aromatic carbocycles. The van der Waals surface area contributed by atoms with Gasteiger partial charge in [-0.15, -0.1) is 0 Å². The summed E-state index contributed by atoms with van der Waals surface area (Å²) in [4.78, 5) is 13.8. The number of furan rings is 1. The van der Waals surface area contributed by atoms with E-state index in [9.17, 15) is 10.1 Å². The van der Waals surface area contributed by atoms with Crippen molar-refractivity contribution in [2.45, 2.75) is 13.8 Å². The third-order valence-electron chi connectivity index (χ3n) is 3.51. The zero-order chi connectivity index (χ0) is 17.7. The Labute approximate surface area is 150 Å². The van der Waals surface area contributed by atoms with Crippen LogP contribution in [0.4, 0.5) is 0 Å². The van der Waals surface area contributed by atoms with Gasteiger partial charge in [-0.25, -0.2) is 0 Å². The van der Waals surface area contributed by atoms with Gasteiger partial charge < -0.3 is 9.32 Å². The number of hydrogen-bond donors (Lipinski definition) is 0. The van der Waals surface area contributed by atoms with Gasteiger partial charge in [-0.3, -0.25) is 4.79 Å². The maximum atomic E-state index is 12.3. The van der Waals surface area contributed by atoms with Crippen molar-refractivity contribution in [3.05, 3.63) is 51.7 Å².